The number of benzene rings is 2. The quantitative estimate of drug-likeness (QED) is 0.528. The summed E-state index contributed by atoms with van der Waals surface area (Å²) >= 11 is 12.2. The molecule has 0 aliphatic carbocycles. The van der Waals surface area contributed by atoms with Crippen LogP contribution in [0.5, 0.6) is 5.75 Å². The van der Waals surface area contributed by atoms with Crippen LogP contribution in [0.2, 0.25) is 10.0 Å². The van der Waals surface area contributed by atoms with Crippen LogP contribution in [-0.4, -0.2) is 34.9 Å². The van der Waals surface area contributed by atoms with Gasteiger partial charge in [-0.2, -0.15) is 0 Å². The second-order valence-corrected chi connectivity index (χ2v) is 9.79. The van der Waals surface area contributed by atoms with Crippen molar-refractivity contribution in [2.75, 3.05) is 6.61 Å². The number of nitrogens with zero attached hydrogens (tertiary/aromatic N) is 1. The lowest BCUT2D eigenvalue weighted by Gasteiger charge is -2.33. The second-order valence-electron chi connectivity index (χ2n) is 8.97. The molecule has 0 bridgehead atoms. The van der Waals surface area contributed by atoms with Crippen molar-refractivity contribution in [3.63, 3.8) is 0 Å². The number of amides is 2. The molecule has 0 saturated carbocycles. The average Bonchev–Trinajstić information content (AvgIpc) is 2.70. The first kappa shape index (κ1) is 26.0. The molecule has 0 aliphatic rings. The van der Waals surface area contributed by atoms with Gasteiger partial charge in [0.2, 0.25) is 5.91 Å². The predicted octanol–water partition coefficient (Wildman–Crippen LogP) is 5.71. The Kier molecular flexibility index (Phi) is 8.99. The van der Waals surface area contributed by atoms with Gasteiger partial charge >= 0.3 is 0 Å². The van der Waals surface area contributed by atoms with Crippen LogP contribution in [0.3, 0.4) is 0 Å². The van der Waals surface area contributed by atoms with Gasteiger partial charge in [0, 0.05) is 22.1 Å². The molecule has 32 heavy (non-hydrogen) atoms. The van der Waals surface area contributed by atoms with E-state index in [4.69, 9.17) is 27.9 Å². The smallest absolute Gasteiger partial charge is 0.261 e. The first-order valence-electron chi connectivity index (χ1n) is 10.7. The highest BCUT2D eigenvalue weighted by Crippen LogP contribution is 2.26. The fourth-order valence-electron chi connectivity index (χ4n) is 3.38. The number of carbonyl (C=O) groups is 2. The van der Waals surface area contributed by atoms with Crippen LogP contribution in [0.15, 0.2) is 36.4 Å². The highest BCUT2D eigenvalue weighted by Gasteiger charge is 2.31. The van der Waals surface area contributed by atoms with Crippen LogP contribution in [0.25, 0.3) is 0 Å². The Bertz CT molecular complexity index is 930. The van der Waals surface area contributed by atoms with E-state index in [0.717, 1.165) is 16.7 Å². The summed E-state index contributed by atoms with van der Waals surface area (Å²) in [5.41, 5.74) is 2.23. The van der Waals surface area contributed by atoms with Gasteiger partial charge in [0.15, 0.2) is 6.61 Å². The third kappa shape index (κ3) is 7.42. The number of halogens is 2. The minimum Gasteiger partial charge on any atom is -0.484 e. The summed E-state index contributed by atoms with van der Waals surface area (Å²) in [4.78, 5) is 27.8. The van der Waals surface area contributed by atoms with E-state index in [9.17, 15) is 9.59 Å². The Hall–Kier alpha value is -2.24. The first-order chi connectivity index (χ1) is 14.9. The zero-order valence-electron chi connectivity index (χ0n) is 19.6. The average molecular weight is 479 g/mol. The van der Waals surface area contributed by atoms with E-state index in [1.165, 1.54) is 0 Å². The summed E-state index contributed by atoms with van der Waals surface area (Å²) in [5, 5.41) is 4.28. The molecular formula is C25H32Cl2N2O3. The fraction of sp³-hybridized carbons (Fsp3) is 0.440. The maximum absolute atomic E-state index is 13.3. The fourth-order valence-corrected chi connectivity index (χ4v) is 3.61. The number of rotatable bonds is 8. The molecule has 0 aliphatic heterocycles. The van der Waals surface area contributed by atoms with Crippen molar-refractivity contribution in [3.8, 4) is 5.75 Å². The van der Waals surface area contributed by atoms with Crippen LogP contribution < -0.4 is 10.1 Å². The van der Waals surface area contributed by atoms with E-state index in [0.29, 0.717) is 22.2 Å². The summed E-state index contributed by atoms with van der Waals surface area (Å²) in [5.74, 6) is 0.0954. The van der Waals surface area contributed by atoms with E-state index in [1.807, 2.05) is 53.7 Å². The molecule has 0 saturated heterocycles. The molecule has 2 amide bonds. The van der Waals surface area contributed by atoms with E-state index < -0.39 is 11.6 Å². The maximum Gasteiger partial charge on any atom is 0.261 e. The van der Waals surface area contributed by atoms with Gasteiger partial charge in [0.1, 0.15) is 11.8 Å². The van der Waals surface area contributed by atoms with E-state index >= 15 is 0 Å². The predicted molar refractivity (Wildman–Crippen MR) is 130 cm³/mol. The Morgan fingerprint density at radius 1 is 1.06 bits per heavy atom. The Morgan fingerprint density at radius 2 is 1.62 bits per heavy atom. The van der Waals surface area contributed by atoms with Gasteiger partial charge in [-0.1, -0.05) is 42.3 Å². The lowest BCUT2D eigenvalue weighted by molar-refractivity contribution is -0.143. The lowest BCUT2D eigenvalue weighted by atomic mass is 10.1. The highest BCUT2D eigenvalue weighted by atomic mass is 35.5. The summed E-state index contributed by atoms with van der Waals surface area (Å²) in [6.07, 6.45) is 0.473. The molecule has 0 spiro atoms. The summed E-state index contributed by atoms with van der Waals surface area (Å²) in [6, 6.07) is 10.2. The number of aryl methyl sites for hydroxylation is 2. The summed E-state index contributed by atoms with van der Waals surface area (Å²) in [6.45, 7) is 11.5. The van der Waals surface area contributed by atoms with E-state index in [-0.39, 0.29) is 25.0 Å². The van der Waals surface area contributed by atoms with E-state index in [2.05, 4.69) is 5.32 Å². The summed E-state index contributed by atoms with van der Waals surface area (Å²) in [7, 11) is 0. The molecule has 0 aromatic heterocycles. The minimum absolute atomic E-state index is 0.187. The molecule has 2 rings (SSSR count). The first-order valence-corrected chi connectivity index (χ1v) is 11.4. The third-order valence-corrected chi connectivity index (χ3v) is 5.77. The molecule has 174 valence electrons. The van der Waals surface area contributed by atoms with Crippen LogP contribution in [-0.2, 0) is 16.1 Å². The molecule has 2 aromatic carbocycles. The lowest BCUT2D eigenvalue weighted by Crippen LogP contribution is -2.54. The number of ether oxygens (including phenoxy) is 1. The molecule has 5 nitrogen and oxygen atoms in total. The highest BCUT2D eigenvalue weighted by molar-refractivity contribution is 6.32. The molecular weight excluding hydrogens is 447 g/mol. The zero-order valence-corrected chi connectivity index (χ0v) is 21.1. The van der Waals surface area contributed by atoms with Crippen molar-refractivity contribution in [2.45, 2.75) is 66.1 Å². The largest absolute Gasteiger partial charge is 0.484 e. The molecule has 0 unspecified atom stereocenters. The van der Waals surface area contributed by atoms with Crippen molar-refractivity contribution in [1.29, 1.82) is 0 Å². The van der Waals surface area contributed by atoms with Crippen LogP contribution >= 0.6 is 23.2 Å². The topological polar surface area (TPSA) is 58.6 Å². The number of hydrogen-bond acceptors (Lipinski definition) is 3. The standard InChI is InChI=1S/C25H32Cl2N2O3/c1-7-21(24(31)28-25(4,5)6)29(14-18-8-10-19(26)11-9-18)22(30)15-32-20-12-16(2)23(27)17(3)13-20/h8-13,21H,7,14-15H2,1-6H3,(H,28,31)/t21-/m0/s1. The van der Waals surface area contributed by atoms with Crippen molar-refractivity contribution >= 4 is 35.0 Å². The normalized spacial score (nSPS) is 12.2. The maximum atomic E-state index is 13.3. The summed E-state index contributed by atoms with van der Waals surface area (Å²) < 4.78 is 5.79. The second kappa shape index (κ2) is 11.1. The molecule has 1 N–H and O–H groups in total. The van der Waals surface area contributed by atoms with Gasteiger partial charge in [0.25, 0.3) is 5.91 Å². The van der Waals surface area contributed by atoms with Crippen LogP contribution in [0.4, 0.5) is 0 Å². The number of carbonyl (C=O) groups excluding carboxylic acids is 2. The molecule has 0 fully saturated rings. The molecule has 1 atom stereocenters. The van der Waals surface area contributed by atoms with Gasteiger partial charge in [0.05, 0.1) is 0 Å². The van der Waals surface area contributed by atoms with Crippen molar-refractivity contribution in [3.05, 3.63) is 63.1 Å². The van der Waals surface area contributed by atoms with E-state index in [1.54, 1.807) is 29.2 Å². The molecule has 0 heterocycles. The molecule has 2 aromatic rings. The number of nitrogens with one attached hydrogen (secondary N) is 1. The monoisotopic (exact) mass is 478 g/mol. The minimum atomic E-state index is -0.630. The van der Waals surface area contributed by atoms with Crippen molar-refractivity contribution in [2.24, 2.45) is 0 Å². The van der Waals surface area contributed by atoms with Crippen molar-refractivity contribution in [1.82, 2.24) is 10.2 Å². The Balaban J connectivity index is 2.26. The zero-order chi connectivity index (χ0) is 24.1. The van der Waals surface area contributed by atoms with Gasteiger partial charge in [-0.15, -0.1) is 0 Å². The third-order valence-electron chi connectivity index (χ3n) is 4.92. The van der Waals surface area contributed by atoms with Gasteiger partial charge in [-0.05, 0) is 82.0 Å². The van der Waals surface area contributed by atoms with Crippen molar-refractivity contribution < 1.29 is 14.3 Å². The van der Waals surface area contributed by atoms with Gasteiger partial charge < -0.3 is 15.0 Å². The number of hydrogen-bond donors (Lipinski definition) is 1. The Labute approximate surface area is 201 Å². The molecule has 0 radical (unpaired) electrons. The SMILES string of the molecule is CC[C@@H](C(=O)NC(C)(C)C)N(Cc1ccc(Cl)cc1)C(=O)COc1cc(C)c(Cl)c(C)c1. The molecule has 7 heteroatoms. The van der Waals surface area contributed by atoms with Crippen LogP contribution in [0, 0.1) is 13.8 Å². The Morgan fingerprint density at radius 3 is 2.12 bits per heavy atom. The van der Waals surface area contributed by atoms with Gasteiger partial charge in [-0.3, -0.25) is 9.59 Å². The van der Waals surface area contributed by atoms with Gasteiger partial charge in [-0.25, -0.2) is 0 Å². The van der Waals surface area contributed by atoms with Crippen LogP contribution in [0.1, 0.15) is 50.8 Å².